The Balaban J connectivity index is 0.00000324. The molecule has 2 N–H and O–H groups in total. The van der Waals surface area contributed by atoms with Gasteiger partial charge in [-0.3, -0.25) is 4.99 Å². The zero-order chi connectivity index (χ0) is 22.9. The van der Waals surface area contributed by atoms with Crippen molar-refractivity contribution >= 4 is 29.9 Å². The maximum Gasteiger partial charge on any atom is 0.191 e. The second-order valence-corrected chi connectivity index (χ2v) is 7.54. The highest BCUT2D eigenvalue weighted by Gasteiger charge is 2.08. The molecule has 1 aromatic heterocycles. The number of guanidine groups is 1. The van der Waals surface area contributed by atoms with Crippen molar-refractivity contribution in [2.45, 2.75) is 19.6 Å². The molecule has 0 fully saturated rings. The minimum Gasteiger partial charge on any atom is -0.496 e. The van der Waals surface area contributed by atoms with Crippen LogP contribution < -0.4 is 15.4 Å². The van der Waals surface area contributed by atoms with Crippen molar-refractivity contribution in [3.63, 3.8) is 0 Å². The minimum absolute atomic E-state index is 0. The summed E-state index contributed by atoms with van der Waals surface area (Å²) in [6, 6.07) is 25.0. The van der Waals surface area contributed by atoms with Gasteiger partial charge in [-0.1, -0.05) is 66.7 Å². The highest BCUT2D eigenvalue weighted by Crippen LogP contribution is 2.24. The molecule has 0 amide bonds. The fourth-order valence-corrected chi connectivity index (χ4v) is 3.67. The van der Waals surface area contributed by atoms with E-state index in [0.717, 1.165) is 17.3 Å². The minimum atomic E-state index is 0. The maximum atomic E-state index is 5.43. The highest BCUT2D eigenvalue weighted by atomic mass is 127. The number of aliphatic imine (C=N–C) groups is 1. The largest absolute Gasteiger partial charge is 0.496 e. The molecule has 0 radical (unpaired) electrons. The summed E-state index contributed by atoms with van der Waals surface area (Å²) < 4.78 is 7.25. The number of aromatic nitrogens is 3. The molecule has 0 saturated heterocycles. The number of nitrogens with one attached hydrogen (secondary N) is 2. The highest BCUT2D eigenvalue weighted by molar-refractivity contribution is 14.0. The van der Waals surface area contributed by atoms with E-state index in [1.165, 1.54) is 22.3 Å². The average Bonchev–Trinajstić information content (AvgIpc) is 3.38. The van der Waals surface area contributed by atoms with Gasteiger partial charge in [0.15, 0.2) is 5.96 Å². The summed E-state index contributed by atoms with van der Waals surface area (Å²) in [6.45, 7) is 1.98. The van der Waals surface area contributed by atoms with Gasteiger partial charge in [0.2, 0.25) is 0 Å². The van der Waals surface area contributed by atoms with Crippen LogP contribution in [0.3, 0.4) is 0 Å². The number of hydrogen-bond donors (Lipinski definition) is 2. The fourth-order valence-electron chi connectivity index (χ4n) is 3.67. The van der Waals surface area contributed by atoms with Crippen LogP contribution in [0.4, 0.5) is 0 Å². The lowest BCUT2D eigenvalue weighted by Gasteiger charge is -2.15. The second-order valence-electron chi connectivity index (χ2n) is 7.54. The van der Waals surface area contributed by atoms with Crippen molar-refractivity contribution < 1.29 is 4.74 Å². The Kier molecular flexibility index (Phi) is 9.45. The summed E-state index contributed by atoms with van der Waals surface area (Å²) in [7, 11) is 3.46. The first-order chi connectivity index (χ1) is 16.3. The third-order valence-electron chi connectivity index (χ3n) is 5.40. The number of nitrogens with zero attached hydrogens (tertiary/aromatic N) is 4. The fraction of sp³-hybridized carbons (Fsp3) is 0.192. The second kappa shape index (κ2) is 12.7. The van der Waals surface area contributed by atoms with Crippen LogP contribution in [-0.4, -0.2) is 34.9 Å². The van der Waals surface area contributed by atoms with Gasteiger partial charge in [0.25, 0.3) is 0 Å². The molecule has 8 heteroatoms. The number of hydrogen-bond acceptors (Lipinski definition) is 4. The van der Waals surface area contributed by atoms with E-state index in [9.17, 15) is 0 Å². The Hall–Kier alpha value is -3.40. The monoisotopic (exact) mass is 568 g/mol. The van der Waals surface area contributed by atoms with Crippen LogP contribution in [0, 0.1) is 0 Å². The predicted octanol–water partition coefficient (Wildman–Crippen LogP) is 4.49. The van der Waals surface area contributed by atoms with Gasteiger partial charge in [0.05, 0.1) is 13.7 Å². The molecule has 4 rings (SSSR count). The Morgan fingerprint density at radius 2 is 1.59 bits per heavy atom. The Morgan fingerprint density at radius 1 is 0.912 bits per heavy atom. The summed E-state index contributed by atoms with van der Waals surface area (Å²) in [6.07, 6.45) is 3.28. The topological polar surface area (TPSA) is 76.4 Å². The number of rotatable bonds is 8. The van der Waals surface area contributed by atoms with Crippen molar-refractivity contribution in [2.75, 3.05) is 14.2 Å². The van der Waals surface area contributed by atoms with Crippen LogP contribution in [0.1, 0.15) is 16.7 Å². The Labute approximate surface area is 217 Å². The molecule has 4 aromatic rings. The van der Waals surface area contributed by atoms with Crippen LogP contribution in [-0.2, 0) is 19.6 Å². The predicted molar refractivity (Wildman–Crippen MR) is 146 cm³/mol. The normalized spacial score (nSPS) is 10.9. The smallest absolute Gasteiger partial charge is 0.191 e. The number of benzene rings is 3. The van der Waals surface area contributed by atoms with E-state index in [1.807, 2.05) is 28.9 Å². The standard InChI is InChI=1S/C26H28N6O.HI/c1-27-26(30-16-23-8-4-6-10-25(23)33-2)29-15-22-7-3-5-9-24(22)21-13-11-20(12-14-21)17-32-19-28-18-31-32;/h3-14,18-19H,15-17H2,1-2H3,(H2,27,29,30);1H. The molecular formula is C26H29IN6O. The quantitative estimate of drug-likeness (QED) is 0.186. The molecule has 176 valence electrons. The lowest BCUT2D eigenvalue weighted by atomic mass is 9.98. The van der Waals surface area contributed by atoms with Gasteiger partial charge in [-0.2, -0.15) is 5.10 Å². The Morgan fingerprint density at radius 3 is 2.26 bits per heavy atom. The number of ether oxygens (including phenoxy) is 1. The molecule has 0 saturated carbocycles. The first kappa shape index (κ1) is 25.2. The first-order valence-corrected chi connectivity index (χ1v) is 10.8. The van der Waals surface area contributed by atoms with Crippen molar-refractivity contribution in [2.24, 2.45) is 4.99 Å². The summed E-state index contributed by atoms with van der Waals surface area (Å²) in [4.78, 5) is 8.36. The van der Waals surface area contributed by atoms with Crippen LogP contribution in [0.25, 0.3) is 11.1 Å². The number of para-hydroxylation sites is 1. The first-order valence-electron chi connectivity index (χ1n) is 10.8. The van der Waals surface area contributed by atoms with Gasteiger partial charge in [0, 0.05) is 25.7 Å². The molecule has 0 aliphatic carbocycles. The van der Waals surface area contributed by atoms with E-state index < -0.39 is 0 Å². The molecule has 3 aromatic carbocycles. The zero-order valence-corrected chi connectivity index (χ0v) is 21.6. The van der Waals surface area contributed by atoms with Crippen LogP contribution in [0.2, 0.25) is 0 Å². The van der Waals surface area contributed by atoms with E-state index in [2.05, 4.69) is 74.2 Å². The molecule has 0 aliphatic rings. The van der Waals surface area contributed by atoms with Crippen LogP contribution >= 0.6 is 24.0 Å². The van der Waals surface area contributed by atoms with E-state index in [-0.39, 0.29) is 24.0 Å². The van der Waals surface area contributed by atoms with Crippen LogP contribution in [0.5, 0.6) is 5.75 Å². The maximum absolute atomic E-state index is 5.43. The molecule has 0 unspecified atom stereocenters. The van der Waals surface area contributed by atoms with E-state index in [1.54, 1.807) is 26.8 Å². The van der Waals surface area contributed by atoms with Crippen LogP contribution in [0.15, 0.2) is 90.4 Å². The third-order valence-corrected chi connectivity index (χ3v) is 5.40. The molecule has 0 atom stereocenters. The molecule has 1 heterocycles. The zero-order valence-electron chi connectivity index (χ0n) is 19.3. The molecule has 0 bridgehead atoms. The SMILES string of the molecule is CN=C(NCc1ccccc1OC)NCc1ccccc1-c1ccc(Cn2cncn2)cc1.I. The Bertz CT molecular complexity index is 1190. The van der Waals surface area contributed by atoms with Gasteiger partial charge in [-0.15, -0.1) is 24.0 Å². The summed E-state index contributed by atoms with van der Waals surface area (Å²) >= 11 is 0. The summed E-state index contributed by atoms with van der Waals surface area (Å²) in [5.74, 6) is 1.59. The molecule has 7 nitrogen and oxygen atoms in total. The van der Waals surface area contributed by atoms with E-state index >= 15 is 0 Å². The molecule has 0 spiro atoms. The van der Waals surface area contributed by atoms with E-state index in [4.69, 9.17) is 4.74 Å². The van der Waals surface area contributed by atoms with Crippen molar-refractivity contribution in [3.05, 3.63) is 102 Å². The molecule has 0 aliphatic heterocycles. The summed E-state index contributed by atoms with van der Waals surface area (Å²) in [5, 5.41) is 11.0. The van der Waals surface area contributed by atoms with Crippen molar-refractivity contribution in [1.82, 2.24) is 25.4 Å². The molecule has 34 heavy (non-hydrogen) atoms. The summed E-state index contributed by atoms with van der Waals surface area (Å²) in [5.41, 5.74) is 5.82. The van der Waals surface area contributed by atoms with Gasteiger partial charge < -0.3 is 15.4 Å². The number of halogens is 1. The lowest BCUT2D eigenvalue weighted by Crippen LogP contribution is -2.36. The van der Waals surface area contributed by atoms with Gasteiger partial charge in [-0.05, 0) is 28.3 Å². The third kappa shape index (κ3) is 6.57. The lowest BCUT2D eigenvalue weighted by molar-refractivity contribution is 0.409. The average molecular weight is 568 g/mol. The van der Waals surface area contributed by atoms with Crippen molar-refractivity contribution in [3.8, 4) is 16.9 Å². The van der Waals surface area contributed by atoms with Gasteiger partial charge in [-0.25, -0.2) is 9.67 Å². The number of methoxy groups -OCH3 is 1. The van der Waals surface area contributed by atoms with Gasteiger partial charge >= 0.3 is 0 Å². The molecular weight excluding hydrogens is 539 g/mol. The van der Waals surface area contributed by atoms with E-state index in [0.29, 0.717) is 19.6 Å². The van der Waals surface area contributed by atoms with Gasteiger partial charge in [0.1, 0.15) is 18.4 Å². The van der Waals surface area contributed by atoms with Crippen molar-refractivity contribution in [1.29, 1.82) is 0 Å².